The van der Waals surface area contributed by atoms with Crippen molar-refractivity contribution in [2.24, 2.45) is 11.7 Å². The van der Waals surface area contributed by atoms with Crippen LogP contribution < -0.4 is 10.5 Å². The molecule has 0 aliphatic rings. The van der Waals surface area contributed by atoms with E-state index in [0.29, 0.717) is 24.1 Å². The number of ether oxygens (including phenoxy) is 1. The van der Waals surface area contributed by atoms with Crippen molar-refractivity contribution in [3.63, 3.8) is 0 Å². The SMILES string of the molecule is CC(C)COc1ncc(C(O)CN)cn1. The van der Waals surface area contributed by atoms with Crippen molar-refractivity contribution < 1.29 is 9.84 Å². The molecule has 0 aliphatic heterocycles. The molecule has 0 saturated carbocycles. The van der Waals surface area contributed by atoms with Gasteiger partial charge < -0.3 is 15.6 Å². The van der Waals surface area contributed by atoms with Gasteiger partial charge >= 0.3 is 6.01 Å². The van der Waals surface area contributed by atoms with Crippen molar-refractivity contribution in [2.75, 3.05) is 13.2 Å². The van der Waals surface area contributed by atoms with Crippen LogP contribution in [-0.4, -0.2) is 28.2 Å². The molecule has 84 valence electrons. The molecule has 3 N–H and O–H groups in total. The summed E-state index contributed by atoms with van der Waals surface area (Å²) in [6.45, 7) is 4.84. The lowest BCUT2D eigenvalue weighted by Gasteiger charge is -2.09. The maximum absolute atomic E-state index is 9.39. The van der Waals surface area contributed by atoms with Crippen LogP contribution in [0.5, 0.6) is 6.01 Å². The Hall–Kier alpha value is -1.20. The average Bonchev–Trinajstić information content (AvgIpc) is 2.26. The molecule has 0 radical (unpaired) electrons. The highest BCUT2D eigenvalue weighted by Crippen LogP contribution is 2.11. The van der Waals surface area contributed by atoms with Crippen LogP contribution in [0, 0.1) is 5.92 Å². The maximum Gasteiger partial charge on any atom is 0.316 e. The minimum atomic E-state index is -0.704. The molecule has 0 aliphatic carbocycles. The molecule has 15 heavy (non-hydrogen) atoms. The van der Waals surface area contributed by atoms with Gasteiger partial charge in [0, 0.05) is 24.5 Å². The van der Waals surface area contributed by atoms with Gasteiger partial charge in [-0.05, 0) is 5.92 Å². The van der Waals surface area contributed by atoms with Crippen LogP contribution in [0.15, 0.2) is 12.4 Å². The number of nitrogens with zero attached hydrogens (tertiary/aromatic N) is 2. The lowest BCUT2D eigenvalue weighted by Crippen LogP contribution is -2.13. The van der Waals surface area contributed by atoms with Crippen LogP contribution in [0.3, 0.4) is 0 Å². The predicted octanol–water partition coefficient (Wildman–Crippen LogP) is 0.503. The van der Waals surface area contributed by atoms with Crippen LogP contribution >= 0.6 is 0 Å². The Balaban J connectivity index is 2.56. The van der Waals surface area contributed by atoms with Crippen LogP contribution in [0.4, 0.5) is 0 Å². The fourth-order valence-electron chi connectivity index (χ4n) is 0.950. The van der Waals surface area contributed by atoms with Gasteiger partial charge in [0.25, 0.3) is 0 Å². The minimum Gasteiger partial charge on any atom is -0.463 e. The topological polar surface area (TPSA) is 81.3 Å². The van der Waals surface area contributed by atoms with Crippen LogP contribution in [0.25, 0.3) is 0 Å². The zero-order valence-corrected chi connectivity index (χ0v) is 9.05. The molecule has 1 unspecified atom stereocenters. The van der Waals surface area contributed by atoms with E-state index in [1.165, 1.54) is 12.4 Å². The Bertz CT molecular complexity index is 287. The molecule has 1 atom stereocenters. The van der Waals surface area contributed by atoms with E-state index in [9.17, 15) is 5.11 Å². The van der Waals surface area contributed by atoms with Crippen molar-refractivity contribution in [3.8, 4) is 6.01 Å². The smallest absolute Gasteiger partial charge is 0.316 e. The van der Waals surface area contributed by atoms with Gasteiger partial charge in [0.2, 0.25) is 0 Å². The first-order valence-electron chi connectivity index (χ1n) is 4.96. The van der Waals surface area contributed by atoms with E-state index in [1.54, 1.807) is 0 Å². The van der Waals surface area contributed by atoms with Gasteiger partial charge in [-0.15, -0.1) is 0 Å². The van der Waals surface area contributed by atoms with E-state index in [4.69, 9.17) is 10.5 Å². The third-order valence-electron chi connectivity index (χ3n) is 1.80. The number of aromatic nitrogens is 2. The van der Waals surface area contributed by atoms with E-state index in [1.807, 2.05) is 13.8 Å². The van der Waals surface area contributed by atoms with Gasteiger partial charge in [-0.3, -0.25) is 0 Å². The van der Waals surface area contributed by atoms with E-state index in [0.717, 1.165) is 0 Å². The highest BCUT2D eigenvalue weighted by atomic mass is 16.5. The standard InChI is InChI=1S/C10H17N3O2/c1-7(2)6-15-10-12-4-8(5-13-10)9(14)3-11/h4-5,7,9,14H,3,6,11H2,1-2H3. The number of hydrogen-bond acceptors (Lipinski definition) is 5. The first kappa shape index (κ1) is 11.9. The van der Waals surface area contributed by atoms with Crippen LogP contribution in [-0.2, 0) is 0 Å². The van der Waals surface area contributed by atoms with Gasteiger partial charge in [0.05, 0.1) is 12.7 Å². The lowest BCUT2D eigenvalue weighted by molar-refractivity contribution is 0.185. The third kappa shape index (κ3) is 3.81. The molecule has 0 saturated heterocycles. The molecular formula is C10H17N3O2. The molecule has 1 aromatic rings. The number of hydrogen-bond donors (Lipinski definition) is 2. The normalized spacial score (nSPS) is 12.9. The zero-order chi connectivity index (χ0) is 11.3. The van der Waals surface area contributed by atoms with Crippen molar-refractivity contribution in [2.45, 2.75) is 20.0 Å². The molecule has 1 heterocycles. The molecule has 0 spiro atoms. The fourth-order valence-corrected chi connectivity index (χ4v) is 0.950. The molecule has 1 rings (SSSR count). The molecule has 0 fully saturated rings. The first-order chi connectivity index (χ1) is 7.13. The van der Waals surface area contributed by atoms with Crippen molar-refractivity contribution in [3.05, 3.63) is 18.0 Å². The molecule has 0 amide bonds. The van der Waals surface area contributed by atoms with E-state index < -0.39 is 6.10 Å². The van der Waals surface area contributed by atoms with Crippen molar-refractivity contribution in [1.29, 1.82) is 0 Å². The van der Waals surface area contributed by atoms with E-state index in [2.05, 4.69) is 9.97 Å². The third-order valence-corrected chi connectivity index (χ3v) is 1.80. The lowest BCUT2D eigenvalue weighted by atomic mass is 10.2. The van der Waals surface area contributed by atoms with Gasteiger partial charge in [-0.25, -0.2) is 9.97 Å². The summed E-state index contributed by atoms with van der Waals surface area (Å²) in [5.41, 5.74) is 5.91. The number of aliphatic hydroxyl groups excluding tert-OH is 1. The van der Waals surface area contributed by atoms with Crippen molar-refractivity contribution in [1.82, 2.24) is 9.97 Å². The molecule has 5 nitrogen and oxygen atoms in total. The second-order valence-electron chi connectivity index (χ2n) is 3.76. The average molecular weight is 211 g/mol. The summed E-state index contributed by atoms with van der Waals surface area (Å²) in [7, 11) is 0. The summed E-state index contributed by atoms with van der Waals surface area (Å²) in [6, 6.07) is 0.330. The molecule has 1 aromatic heterocycles. The Kier molecular flexibility index (Phi) is 4.45. The summed E-state index contributed by atoms with van der Waals surface area (Å²) < 4.78 is 5.30. The summed E-state index contributed by atoms with van der Waals surface area (Å²) in [5.74, 6) is 0.433. The summed E-state index contributed by atoms with van der Waals surface area (Å²) in [4.78, 5) is 7.94. The fraction of sp³-hybridized carbons (Fsp3) is 0.600. The maximum atomic E-state index is 9.39. The summed E-state index contributed by atoms with van der Waals surface area (Å²) >= 11 is 0. The summed E-state index contributed by atoms with van der Waals surface area (Å²) in [5, 5.41) is 9.39. The molecule has 0 aromatic carbocycles. The van der Waals surface area contributed by atoms with Gasteiger partial charge in [0.15, 0.2) is 0 Å². The summed E-state index contributed by atoms with van der Waals surface area (Å²) in [6.07, 6.45) is 2.35. The Morgan fingerprint density at radius 2 is 2.00 bits per heavy atom. The Morgan fingerprint density at radius 1 is 1.40 bits per heavy atom. The Labute approximate surface area is 89.3 Å². The molecule has 0 bridgehead atoms. The second-order valence-corrected chi connectivity index (χ2v) is 3.76. The van der Waals surface area contributed by atoms with Gasteiger partial charge in [-0.1, -0.05) is 13.8 Å². The highest BCUT2D eigenvalue weighted by Gasteiger charge is 2.06. The van der Waals surface area contributed by atoms with Crippen LogP contribution in [0.2, 0.25) is 0 Å². The van der Waals surface area contributed by atoms with Crippen LogP contribution in [0.1, 0.15) is 25.5 Å². The minimum absolute atomic E-state index is 0.162. The first-order valence-corrected chi connectivity index (χ1v) is 4.96. The van der Waals surface area contributed by atoms with Gasteiger partial charge in [0.1, 0.15) is 0 Å². The second kappa shape index (κ2) is 5.63. The molecule has 5 heteroatoms. The zero-order valence-electron chi connectivity index (χ0n) is 9.05. The van der Waals surface area contributed by atoms with E-state index in [-0.39, 0.29) is 6.54 Å². The monoisotopic (exact) mass is 211 g/mol. The Morgan fingerprint density at radius 3 is 2.47 bits per heavy atom. The van der Waals surface area contributed by atoms with Gasteiger partial charge in [-0.2, -0.15) is 0 Å². The van der Waals surface area contributed by atoms with Crippen molar-refractivity contribution >= 4 is 0 Å². The quantitative estimate of drug-likeness (QED) is 0.741. The van der Waals surface area contributed by atoms with E-state index >= 15 is 0 Å². The number of rotatable bonds is 5. The predicted molar refractivity (Wildman–Crippen MR) is 56.4 cm³/mol. The highest BCUT2D eigenvalue weighted by molar-refractivity contribution is 5.10. The molecular weight excluding hydrogens is 194 g/mol. The largest absolute Gasteiger partial charge is 0.463 e. The number of aliphatic hydroxyl groups is 1. The number of nitrogens with two attached hydrogens (primary N) is 1.